The summed E-state index contributed by atoms with van der Waals surface area (Å²) in [4.78, 5) is 28.8. The molecule has 3 aromatic heterocycles. The molecule has 3 aliphatic heterocycles. The van der Waals surface area contributed by atoms with Crippen molar-refractivity contribution in [2.24, 2.45) is 0 Å². The molecule has 23 heteroatoms. The molecule has 0 bridgehead atoms. The summed E-state index contributed by atoms with van der Waals surface area (Å²) in [5.41, 5.74) is 6.94. The van der Waals surface area contributed by atoms with Crippen molar-refractivity contribution in [3.05, 3.63) is 131 Å². The zero-order valence-electron chi connectivity index (χ0n) is 35.4. The standard InChI is InChI=1S/C17H16Cl2F2N4O.C10H13ClFN3.C6H5ClFN.C5H2ClFIN.C5H12N2.CH4/c18-12-8-11(2-3-14(12)20)23-17(26)25-5-1-4-24(6-7-25)16-13(19)9-22-10-15(16)21;11-8-6-14-7-9(12)10(8)15-4-1-2-13-3-5-15;7-5-3-4(9)1-2-6(5)8;6-3-1-9-2-4(7)5(3)8;1-2-6-4-5-7-3-1;/h2-3,8-10H,1,4-7H2,(H,23,26);6-7,13H,1-5H2;1-3H,9H2;1-2H;6-7H,1-5H2;1H4. The number of halogens is 11. The van der Waals surface area contributed by atoms with Gasteiger partial charge in [-0.05, 0) is 97.9 Å². The van der Waals surface area contributed by atoms with Crippen molar-refractivity contribution in [3.63, 3.8) is 0 Å². The fourth-order valence-electron chi connectivity index (χ4n) is 6.28. The summed E-state index contributed by atoms with van der Waals surface area (Å²) < 4.78 is 66.0. The minimum absolute atomic E-state index is 0. The molecule has 0 unspecified atom stereocenters. The second kappa shape index (κ2) is 30.7. The number of carbonyl (C=O) groups excluding carboxylic acids is 1. The van der Waals surface area contributed by atoms with Gasteiger partial charge >= 0.3 is 6.03 Å². The smallest absolute Gasteiger partial charge is 0.321 e. The number of hydrogen-bond donors (Lipinski definition) is 5. The van der Waals surface area contributed by atoms with Gasteiger partial charge in [0.15, 0.2) is 17.5 Å². The van der Waals surface area contributed by atoms with E-state index in [0.717, 1.165) is 58.1 Å². The van der Waals surface area contributed by atoms with E-state index >= 15 is 0 Å². The molecule has 0 atom stereocenters. The number of anilines is 4. The fraction of sp³-hybridized carbons (Fsp3) is 0.364. The fourth-order valence-corrected chi connectivity index (χ4v) is 7.60. The number of nitrogen functional groups attached to an aromatic ring is 1. The number of aromatic nitrogens is 3. The molecule has 8 rings (SSSR count). The first-order valence-electron chi connectivity index (χ1n) is 20.5. The van der Waals surface area contributed by atoms with Gasteiger partial charge in [0.1, 0.15) is 11.6 Å². The number of nitrogens with one attached hydrogen (secondary N) is 4. The largest absolute Gasteiger partial charge is 0.399 e. The maximum atomic E-state index is 14.1. The third-order valence-electron chi connectivity index (χ3n) is 9.51. The number of nitrogens with two attached hydrogens (primary N) is 1. The normalized spacial score (nSPS) is 14.8. The van der Waals surface area contributed by atoms with Crippen molar-refractivity contribution in [3.8, 4) is 0 Å². The molecule has 6 N–H and O–H groups in total. The molecule has 0 radical (unpaired) electrons. The predicted octanol–water partition coefficient (Wildman–Crippen LogP) is 10.8. The highest BCUT2D eigenvalue weighted by molar-refractivity contribution is 14.1. The molecule has 0 spiro atoms. The van der Waals surface area contributed by atoms with Crippen LogP contribution in [0.1, 0.15) is 26.7 Å². The average Bonchev–Trinajstić information content (AvgIpc) is 3.85. The quantitative estimate of drug-likeness (QED) is 0.0674. The van der Waals surface area contributed by atoms with Crippen LogP contribution in [0.2, 0.25) is 25.1 Å². The topological polar surface area (TPSA) is 140 Å². The molecule has 2 aromatic carbocycles. The van der Waals surface area contributed by atoms with E-state index in [1.807, 2.05) is 27.5 Å². The highest BCUT2D eigenvalue weighted by Crippen LogP contribution is 2.30. The van der Waals surface area contributed by atoms with Crippen LogP contribution in [-0.4, -0.2) is 104 Å². The Balaban J connectivity index is 0.000000245. The molecule has 0 saturated carbocycles. The highest BCUT2D eigenvalue weighted by Gasteiger charge is 2.23. The Labute approximate surface area is 426 Å². The monoisotopic (exact) mass is 1150 g/mol. The van der Waals surface area contributed by atoms with Crippen molar-refractivity contribution >= 4 is 109 Å². The summed E-state index contributed by atoms with van der Waals surface area (Å²) in [6.07, 6.45) is 10.7. The lowest BCUT2D eigenvalue weighted by Crippen LogP contribution is -2.38. The van der Waals surface area contributed by atoms with Gasteiger partial charge in [-0.1, -0.05) is 65.4 Å². The Bertz CT molecular complexity index is 2230. The summed E-state index contributed by atoms with van der Waals surface area (Å²) in [7, 11) is 0. The number of carbonyl (C=O) groups is 1. The molecule has 3 saturated heterocycles. The van der Waals surface area contributed by atoms with E-state index in [1.54, 1.807) is 9.80 Å². The van der Waals surface area contributed by atoms with E-state index in [0.29, 0.717) is 69.0 Å². The third kappa shape index (κ3) is 19.7. The molecule has 12 nitrogen and oxygen atoms in total. The molecule has 3 aliphatic rings. The second-order valence-corrected chi connectivity index (χ2v) is 17.4. The first-order chi connectivity index (χ1) is 31.7. The third-order valence-corrected chi connectivity index (χ3v) is 12.3. The minimum Gasteiger partial charge on any atom is -0.399 e. The number of hydrogen-bond acceptors (Lipinski definition) is 10. The number of urea groups is 1. The van der Waals surface area contributed by atoms with Crippen molar-refractivity contribution in [1.29, 1.82) is 0 Å². The van der Waals surface area contributed by atoms with Crippen molar-refractivity contribution in [2.75, 3.05) is 99.4 Å². The molecular formula is C44H52Cl5F5IN11O. The summed E-state index contributed by atoms with van der Waals surface area (Å²) in [5, 5.41) is 13.5. The van der Waals surface area contributed by atoms with Crippen LogP contribution in [0.4, 0.5) is 49.5 Å². The van der Waals surface area contributed by atoms with Gasteiger partial charge in [-0.25, -0.2) is 26.7 Å². The van der Waals surface area contributed by atoms with Gasteiger partial charge in [0.2, 0.25) is 0 Å². The number of benzene rings is 2. The van der Waals surface area contributed by atoms with Gasteiger partial charge in [-0.3, -0.25) is 15.0 Å². The molecule has 6 heterocycles. The van der Waals surface area contributed by atoms with Gasteiger partial charge in [-0.2, -0.15) is 0 Å². The molecule has 67 heavy (non-hydrogen) atoms. The van der Waals surface area contributed by atoms with Gasteiger partial charge in [0, 0.05) is 88.9 Å². The van der Waals surface area contributed by atoms with Crippen LogP contribution in [0.5, 0.6) is 0 Å². The van der Waals surface area contributed by atoms with E-state index < -0.39 is 17.5 Å². The van der Waals surface area contributed by atoms with Gasteiger partial charge in [-0.15, -0.1) is 0 Å². The van der Waals surface area contributed by atoms with Crippen LogP contribution in [-0.2, 0) is 0 Å². The molecule has 3 fully saturated rings. The van der Waals surface area contributed by atoms with Gasteiger partial charge < -0.3 is 41.7 Å². The number of nitrogens with zero attached hydrogens (tertiary/aromatic N) is 6. The van der Waals surface area contributed by atoms with Gasteiger partial charge in [0.05, 0.1) is 58.6 Å². The van der Waals surface area contributed by atoms with E-state index in [9.17, 15) is 26.7 Å². The van der Waals surface area contributed by atoms with Crippen LogP contribution in [0.25, 0.3) is 0 Å². The van der Waals surface area contributed by atoms with E-state index in [4.69, 9.17) is 63.7 Å². The maximum Gasteiger partial charge on any atom is 0.321 e. The average molecular weight is 1150 g/mol. The second-order valence-electron chi connectivity index (χ2n) is 14.3. The van der Waals surface area contributed by atoms with E-state index in [2.05, 4.69) is 36.2 Å². The molecular weight excluding hydrogens is 1100 g/mol. The van der Waals surface area contributed by atoms with Gasteiger partial charge in [0.25, 0.3) is 0 Å². The zero-order chi connectivity index (χ0) is 48.0. The Kier molecular flexibility index (Phi) is 26.4. The van der Waals surface area contributed by atoms with Crippen molar-refractivity contribution in [2.45, 2.75) is 26.7 Å². The van der Waals surface area contributed by atoms with Crippen LogP contribution < -0.4 is 36.8 Å². The summed E-state index contributed by atoms with van der Waals surface area (Å²) >= 11 is 30.4. The summed E-state index contributed by atoms with van der Waals surface area (Å²) in [6, 6.07) is 7.72. The SMILES string of the molecule is C.C1CNCCNC1.Fc1cncc(Cl)c1I.Fc1cncc(Cl)c1N1CCCNCC1.Nc1ccc(F)c(Cl)c1.O=C(Nc1ccc(F)c(Cl)c1)N1CCCN(c2c(F)cncc2Cl)CC1. The zero-order valence-corrected chi connectivity index (χ0v) is 41.3. The van der Waals surface area contributed by atoms with Crippen LogP contribution >= 0.6 is 80.6 Å². The van der Waals surface area contributed by atoms with Crippen molar-refractivity contribution in [1.82, 2.24) is 35.8 Å². The molecule has 5 aromatic rings. The highest BCUT2D eigenvalue weighted by atomic mass is 127. The lowest BCUT2D eigenvalue weighted by Gasteiger charge is -2.24. The Morgan fingerprint density at radius 3 is 1.60 bits per heavy atom. The van der Waals surface area contributed by atoms with Crippen LogP contribution in [0.15, 0.2) is 73.6 Å². The minimum atomic E-state index is -0.550. The Morgan fingerprint density at radius 2 is 1.06 bits per heavy atom. The lowest BCUT2D eigenvalue weighted by molar-refractivity contribution is 0.215. The first-order valence-corrected chi connectivity index (χ1v) is 23.5. The summed E-state index contributed by atoms with van der Waals surface area (Å²) in [6.45, 7) is 9.97. The predicted molar refractivity (Wildman–Crippen MR) is 272 cm³/mol. The maximum absolute atomic E-state index is 14.1. The number of pyridine rings is 3. The molecule has 366 valence electrons. The first kappa shape index (κ1) is 57.6. The number of rotatable bonds is 3. The summed E-state index contributed by atoms with van der Waals surface area (Å²) in [5.74, 6) is -2.19. The van der Waals surface area contributed by atoms with Crippen LogP contribution in [0, 0.1) is 32.7 Å². The number of amides is 2. The molecule has 0 aliphatic carbocycles. The van der Waals surface area contributed by atoms with Crippen LogP contribution in [0.3, 0.4) is 0 Å². The lowest BCUT2D eigenvalue weighted by atomic mass is 10.3. The van der Waals surface area contributed by atoms with E-state index in [1.165, 1.54) is 80.7 Å². The van der Waals surface area contributed by atoms with Crippen molar-refractivity contribution < 1.29 is 26.7 Å². The Morgan fingerprint density at radius 1 is 0.552 bits per heavy atom. The van der Waals surface area contributed by atoms with E-state index in [-0.39, 0.29) is 40.2 Å². The Hall–Kier alpha value is -3.73. The molecule has 2 amide bonds.